The van der Waals surface area contributed by atoms with Crippen LogP contribution >= 0.6 is 0 Å². The van der Waals surface area contributed by atoms with Gasteiger partial charge in [-0.25, -0.2) is 4.79 Å². The molecule has 29 heavy (non-hydrogen) atoms. The van der Waals surface area contributed by atoms with Gasteiger partial charge in [-0.05, 0) is 31.0 Å². The van der Waals surface area contributed by atoms with E-state index in [0.717, 1.165) is 24.0 Å². The molecule has 0 spiro atoms. The number of para-hydroxylation sites is 1. The summed E-state index contributed by atoms with van der Waals surface area (Å²) in [6, 6.07) is 14.9. The molecule has 0 atom stereocenters. The standard InChI is InChI=1S/C22H22N4O3/c1-3-4-13-25-21(27)17-11-7-8-12-18(17)26(22(25)28)14-19-23-20(24-29-19)16-10-6-5-9-15(16)2/h5-12H,3-4,13-14H2,1-2H3. The number of unbranched alkanes of at least 4 members (excludes halogenated alkanes) is 1. The normalized spacial score (nSPS) is 11.2. The smallest absolute Gasteiger partial charge is 0.331 e. The van der Waals surface area contributed by atoms with Crippen LogP contribution in [0.3, 0.4) is 0 Å². The average molecular weight is 390 g/mol. The van der Waals surface area contributed by atoms with Crippen LogP contribution in [0.1, 0.15) is 31.2 Å². The molecule has 0 radical (unpaired) electrons. The van der Waals surface area contributed by atoms with Crippen molar-refractivity contribution in [2.45, 2.75) is 39.8 Å². The van der Waals surface area contributed by atoms with Crippen LogP contribution in [0.4, 0.5) is 0 Å². The van der Waals surface area contributed by atoms with Gasteiger partial charge < -0.3 is 4.52 Å². The summed E-state index contributed by atoms with van der Waals surface area (Å²) < 4.78 is 8.25. The molecule has 0 fully saturated rings. The molecule has 0 aliphatic carbocycles. The number of rotatable bonds is 6. The zero-order valence-electron chi connectivity index (χ0n) is 16.5. The summed E-state index contributed by atoms with van der Waals surface area (Å²) in [6.45, 7) is 4.49. The zero-order chi connectivity index (χ0) is 20.4. The number of nitrogens with zero attached hydrogens (tertiary/aromatic N) is 4. The molecule has 0 saturated carbocycles. The lowest BCUT2D eigenvalue weighted by atomic mass is 10.1. The molecule has 2 aromatic carbocycles. The van der Waals surface area contributed by atoms with Gasteiger partial charge in [0.15, 0.2) is 0 Å². The molecule has 2 heterocycles. The molecule has 4 rings (SSSR count). The van der Waals surface area contributed by atoms with Crippen molar-refractivity contribution in [1.29, 1.82) is 0 Å². The fraction of sp³-hybridized carbons (Fsp3) is 0.273. The van der Waals surface area contributed by atoms with E-state index in [4.69, 9.17) is 4.52 Å². The van der Waals surface area contributed by atoms with Gasteiger partial charge in [0.2, 0.25) is 11.7 Å². The molecule has 4 aromatic rings. The highest BCUT2D eigenvalue weighted by molar-refractivity contribution is 5.77. The molecule has 148 valence electrons. The predicted octanol–water partition coefficient (Wildman–Crippen LogP) is 3.37. The molecular formula is C22H22N4O3. The molecule has 0 aliphatic heterocycles. The Morgan fingerprint density at radius 3 is 2.55 bits per heavy atom. The van der Waals surface area contributed by atoms with Gasteiger partial charge in [0.05, 0.1) is 10.9 Å². The first kappa shape index (κ1) is 18.9. The number of aromatic nitrogens is 4. The van der Waals surface area contributed by atoms with Crippen molar-refractivity contribution in [3.05, 3.63) is 80.8 Å². The molecule has 0 bridgehead atoms. The zero-order valence-corrected chi connectivity index (χ0v) is 16.5. The summed E-state index contributed by atoms with van der Waals surface area (Å²) in [5.74, 6) is 0.797. The highest BCUT2D eigenvalue weighted by atomic mass is 16.5. The Balaban J connectivity index is 1.80. The lowest BCUT2D eigenvalue weighted by molar-refractivity contribution is 0.369. The number of hydrogen-bond acceptors (Lipinski definition) is 5. The molecule has 7 heteroatoms. The molecule has 0 N–H and O–H groups in total. The Kier molecular flexibility index (Phi) is 5.12. The van der Waals surface area contributed by atoms with E-state index in [1.54, 1.807) is 24.3 Å². The fourth-order valence-electron chi connectivity index (χ4n) is 3.42. The molecule has 7 nitrogen and oxygen atoms in total. The third kappa shape index (κ3) is 3.51. The van der Waals surface area contributed by atoms with Crippen molar-refractivity contribution in [2.75, 3.05) is 0 Å². The third-order valence-corrected chi connectivity index (χ3v) is 5.01. The summed E-state index contributed by atoms with van der Waals surface area (Å²) >= 11 is 0. The SMILES string of the molecule is CCCCn1c(=O)c2ccccc2n(Cc2nc(-c3ccccc3C)no2)c1=O. The second kappa shape index (κ2) is 7.87. The van der Waals surface area contributed by atoms with Crippen molar-refractivity contribution in [3.63, 3.8) is 0 Å². The number of fused-ring (bicyclic) bond motifs is 1. The fourth-order valence-corrected chi connectivity index (χ4v) is 3.42. The van der Waals surface area contributed by atoms with Crippen LogP contribution in [0.15, 0.2) is 62.6 Å². The van der Waals surface area contributed by atoms with E-state index < -0.39 is 0 Å². The minimum Gasteiger partial charge on any atom is -0.337 e. The minimum absolute atomic E-state index is 0.102. The van der Waals surface area contributed by atoms with Crippen LogP contribution in [-0.2, 0) is 13.1 Å². The van der Waals surface area contributed by atoms with Crippen LogP contribution < -0.4 is 11.2 Å². The van der Waals surface area contributed by atoms with Crippen molar-refractivity contribution in [2.24, 2.45) is 0 Å². The van der Waals surface area contributed by atoms with Crippen LogP contribution in [0.2, 0.25) is 0 Å². The van der Waals surface area contributed by atoms with Gasteiger partial charge in [0.25, 0.3) is 5.56 Å². The average Bonchev–Trinajstić information content (AvgIpc) is 3.20. The van der Waals surface area contributed by atoms with Crippen molar-refractivity contribution >= 4 is 10.9 Å². The van der Waals surface area contributed by atoms with Crippen LogP contribution in [0, 0.1) is 6.92 Å². The van der Waals surface area contributed by atoms with Gasteiger partial charge in [0, 0.05) is 12.1 Å². The molecule has 0 amide bonds. The van der Waals surface area contributed by atoms with E-state index in [-0.39, 0.29) is 17.8 Å². The largest absolute Gasteiger partial charge is 0.337 e. The Labute approximate surface area is 167 Å². The van der Waals surface area contributed by atoms with E-state index in [0.29, 0.717) is 29.2 Å². The van der Waals surface area contributed by atoms with E-state index in [1.807, 2.05) is 38.1 Å². The Bertz CT molecular complexity index is 1280. The maximum Gasteiger partial charge on any atom is 0.331 e. The van der Waals surface area contributed by atoms with Crippen molar-refractivity contribution in [1.82, 2.24) is 19.3 Å². The molecular weight excluding hydrogens is 368 g/mol. The highest BCUT2D eigenvalue weighted by Crippen LogP contribution is 2.20. The van der Waals surface area contributed by atoms with Crippen LogP contribution in [0.5, 0.6) is 0 Å². The first-order valence-electron chi connectivity index (χ1n) is 9.71. The summed E-state index contributed by atoms with van der Waals surface area (Å²) in [4.78, 5) is 30.3. The second-order valence-corrected chi connectivity index (χ2v) is 7.02. The Morgan fingerprint density at radius 1 is 1.00 bits per heavy atom. The lowest BCUT2D eigenvalue weighted by Crippen LogP contribution is -2.40. The van der Waals surface area contributed by atoms with E-state index in [2.05, 4.69) is 10.1 Å². The van der Waals surface area contributed by atoms with Gasteiger partial charge in [-0.1, -0.05) is 54.9 Å². The number of aryl methyl sites for hydroxylation is 1. The maximum atomic E-state index is 13.1. The van der Waals surface area contributed by atoms with Crippen molar-refractivity contribution in [3.8, 4) is 11.4 Å². The van der Waals surface area contributed by atoms with E-state index in [1.165, 1.54) is 9.13 Å². The van der Waals surface area contributed by atoms with Gasteiger partial charge >= 0.3 is 5.69 Å². The Morgan fingerprint density at radius 2 is 1.76 bits per heavy atom. The minimum atomic E-state index is -0.363. The maximum absolute atomic E-state index is 13.1. The van der Waals surface area contributed by atoms with Gasteiger partial charge in [0.1, 0.15) is 6.54 Å². The molecule has 0 aliphatic rings. The lowest BCUT2D eigenvalue weighted by Gasteiger charge is -2.12. The summed E-state index contributed by atoms with van der Waals surface area (Å²) in [6.07, 6.45) is 1.65. The van der Waals surface area contributed by atoms with Gasteiger partial charge in [-0.15, -0.1) is 0 Å². The number of benzene rings is 2. The summed E-state index contributed by atoms with van der Waals surface area (Å²) in [7, 11) is 0. The summed E-state index contributed by atoms with van der Waals surface area (Å²) in [5.41, 5.74) is 1.85. The van der Waals surface area contributed by atoms with Crippen molar-refractivity contribution < 1.29 is 4.52 Å². The quantitative estimate of drug-likeness (QED) is 0.504. The third-order valence-electron chi connectivity index (χ3n) is 5.01. The molecule has 2 aromatic heterocycles. The summed E-state index contributed by atoms with van der Waals surface area (Å²) in [5, 5.41) is 4.57. The van der Waals surface area contributed by atoms with Crippen LogP contribution in [-0.4, -0.2) is 19.3 Å². The first-order valence-corrected chi connectivity index (χ1v) is 9.71. The topological polar surface area (TPSA) is 82.9 Å². The second-order valence-electron chi connectivity index (χ2n) is 7.02. The first-order chi connectivity index (χ1) is 14.1. The predicted molar refractivity (Wildman–Crippen MR) is 111 cm³/mol. The van der Waals surface area contributed by atoms with E-state index in [9.17, 15) is 9.59 Å². The monoisotopic (exact) mass is 390 g/mol. The Hall–Kier alpha value is -3.48. The number of hydrogen-bond donors (Lipinski definition) is 0. The van der Waals surface area contributed by atoms with Gasteiger partial charge in [-0.3, -0.25) is 13.9 Å². The highest BCUT2D eigenvalue weighted by Gasteiger charge is 2.16. The molecule has 0 saturated heterocycles. The van der Waals surface area contributed by atoms with E-state index >= 15 is 0 Å². The molecule has 0 unspecified atom stereocenters. The van der Waals surface area contributed by atoms with Crippen LogP contribution in [0.25, 0.3) is 22.3 Å². The van der Waals surface area contributed by atoms with Gasteiger partial charge in [-0.2, -0.15) is 4.98 Å².